The lowest BCUT2D eigenvalue weighted by molar-refractivity contribution is -0.0221. The highest BCUT2D eigenvalue weighted by Crippen LogP contribution is 2.40. The zero-order chi connectivity index (χ0) is 10.5. The predicted molar refractivity (Wildman–Crippen MR) is 60.3 cm³/mol. The molecule has 82 valence electrons. The summed E-state index contributed by atoms with van der Waals surface area (Å²) in [6.07, 6.45) is 0.0949. The van der Waals surface area contributed by atoms with Crippen molar-refractivity contribution in [2.75, 3.05) is 19.8 Å². The lowest BCUT2D eigenvalue weighted by Crippen LogP contribution is -2.30. The van der Waals surface area contributed by atoms with Gasteiger partial charge in [0.2, 0.25) is 8.38 Å². The molecule has 0 atom stereocenters. The normalized spacial score (nSPS) is 26.5. The van der Waals surface area contributed by atoms with Crippen molar-refractivity contribution in [1.82, 2.24) is 0 Å². The van der Waals surface area contributed by atoms with Gasteiger partial charge in [-0.2, -0.15) is 0 Å². The van der Waals surface area contributed by atoms with Crippen LogP contribution in [0.15, 0.2) is 30.3 Å². The van der Waals surface area contributed by atoms with Crippen LogP contribution >= 0.6 is 8.38 Å². The molecular weight excluding hydrogens is 211 g/mol. The maximum Gasteiger partial charge on any atom is 0.205 e. The van der Waals surface area contributed by atoms with Crippen LogP contribution in [0.1, 0.15) is 6.92 Å². The fourth-order valence-electron chi connectivity index (χ4n) is 1.42. The minimum Gasteiger partial charge on any atom is -0.374 e. The largest absolute Gasteiger partial charge is 0.374 e. The fraction of sp³-hybridized carbons (Fsp3) is 0.455. The SMILES string of the molecule is CCOC1COP(c2ccccc2)OC1. The van der Waals surface area contributed by atoms with Crippen LogP contribution in [0.2, 0.25) is 0 Å². The lowest BCUT2D eigenvalue weighted by atomic mass is 10.4. The van der Waals surface area contributed by atoms with Crippen LogP contribution in [-0.2, 0) is 13.8 Å². The van der Waals surface area contributed by atoms with Crippen molar-refractivity contribution in [3.05, 3.63) is 30.3 Å². The van der Waals surface area contributed by atoms with Gasteiger partial charge in [-0.1, -0.05) is 18.2 Å². The molecule has 0 unspecified atom stereocenters. The Morgan fingerprint density at radius 3 is 2.53 bits per heavy atom. The molecule has 1 aliphatic rings. The van der Waals surface area contributed by atoms with Crippen molar-refractivity contribution in [3.63, 3.8) is 0 Å². The summed E-state index contributed by atoms with van der Waals surface area (Å²) < 4.78 is 16.7. The first-order valence-corrected chi connectivity index (χ1v) is 6.30. The molecular formula is C11H15O3P. The summed E-state index contributed by atoms with van der Waals surface area (Å²) in [4.78, 5) is 0. The van der Waals surface area contributed by atoms with Crippen molar-refractivity contribution < 1.29 is 13.8 Å². The Morgan fingerprint density at radius 2 is 1.93 bits per heavy atom. The van der Waals surface area contributed by atoms with Crippen LogP contribution in [0.5, 0.6) is 0 Å². The topological polar surface area (TPSA) is 27.7 Å². The first-order valence-electron chi connectivity index (χ1n) is 5.12. The van der Waals surface area contributed by atoms with Gasteiger partial charge in [0.15, 0.2) is 0 Å². The lowest BCUT2D eigenvalue weighted by Gasteiger charge is -2.28. The summed E-state index contributed by atoms with van der Waals surface area (Å²) in [5.74, 6) is 0. The molecule has 15 heavy (non-hydrogen) atoms. The molecule has 3 nitrogen and oxygen atoms in total. The Morgan fingerprint density at radius 1 is 1.27 bits per heavy atom. The van der Waals surface area contributed by atoms with Crippen LogP contribution in [0.4, 0.5) is 0 Å². The van der Waals surface area contributed by atoms with Crippen LogP contribution in [-0.4, -0.2) is 25.9 Å². The van der Waals surface area contributed by atoms with Gasteiger partial charge >= 0.3 is 0 Å². The average Bonchev–Trinajstić information content (AvgIpc) is 2.32. The van der Waals surface area contributed by atoms with Crippen LogP contribution in [0.3, 0.4) is 0 Å². The summed E-state index contributed by atoms with van der Waals surface area (Å²) >= 11 is 0. The predicted octanol–water partition coefficient (Wildman–Crippen LogP) is 2.08. The molecule has 1 aliphatic heterocycles. The van der Waals surface area contributed by atoms with Crippen LogP contribution in [0, 0.1) is 0 Å². The molecule has 1 heterocycles. The first kappa shape index (κ1) is 11.0. The third-order valence-electron chi connectivity index (χ3n) is 2.12. The molecule has 0 amide bonds. The zero-order valence-electron chi connectivity index (χ0n) is 8.76. The van der Waals surface area contributed by atoms with E-state index in [0.29, 0.717) is 19.8 Å². The second kappa shape index (κ2) is 5.57. The molecule has 0 aromatic heterocycles. The molecule has 0 spiro atoms. The number of hydrogen-bond acceptors (Lipinski definition) is 3. The molecule has 4 heteroatoms. The number of benzene rings is 1. The molecule has 0 N–H and O–H groups in total. The molecule has 1 saturated heterocycles. The van der Waals surface area contributed by atoms with Gasteiger partial charge in [-0.25, -0.2) is 0 Å². The summed E-state index contributed by atoms with van der Waals surface area (Å²) in [5.41, 5.74) is 0. The van der Waals surface area contributed by atoms with Crippen molar-refractivity contribution in [3.8, 4) is 0 Å². The molecule has 0 bridgehead atoms. The minimum atomic E-state index is -0.884. The Bertz CT molecular complexity index is 283. The monoisotopic (exact) mass is 226 g/mol. The number of rotatable bonds is 3. The second-order valence-electron chi connectivity index (χ2n) is 3.26. The van der Waals surface area contributed by atoms with Crippen molar-refractivity contribution in [2.45, 2.75) is 13.0 Å². The van der Waals surface area contributed by atoms with E-state index in [1.807, 2.05) is 37.3 Å². The van der Waals surface area contributed by atoms with E-state index in [0.717, 1.165) is 5.30 Å². The molecule has 0 aliphatic carbocycles. The highest BCUT2D eigenvalue weighted by atomic mass is 31.2. The first-order chi connectivity index (χ1) is 7.40. The van der Waals surface area contributed by atoms with E-state index in [4.69, 9.17) is 13.8 Å². The van der Waals surface area contributed by atoms with Gasteiger partial charge < -0.3 is 13.8 Å². The molecule has 1 aromatic rings. The summed E-state index contributed by atoms with van der Waals surface area (Å²) in [7, 11) is -0.884. The maximum atomic E-state index is 5.65. The molecule has 2 rings (SSSR count). The van der Waals surface area contributed by atoms with E-state index in [-0.39, 0.29) is 6.10 Å². The Kier molecular flexibility index (Phi) is 4.09. The third-order valence-corrected chi connectivity index (χ3v) is 3.61. The van der Waals surface area contributed by atoms with Gasteiger partial charge in [-0.15, -0.1) is 0 Å². The number of hydrogen-bond donors (Lipinski definition) is 0. The van der Waals surface area contributed by atoms with E-state index in [1.165, 1.54) is 0 Å². The quantitative estimate of drug-likeness (QED) is 0.738. The Balaban J connectivity index is 1.88. The Hall–Kier alpha value is -0.470. The Labute approximate surface area is 91.3 Å². The fourth-order valence-corrected chi connectivity index (χ4v) is 2.81. The average molecular weight is 226 g/mol. The highest BCUT2D eigenvalue weighted by Gasteiger charge is 2.24. The van der Waals surface area contributed by atoms with Gasteiger partial charge in [-0.05, 0) is 19.1 Å². The molecule has 0 radical (unpaired) electrons. The third kappa shape index (κ3) is 2.99. The van der Waals surface area contributed by atoms with E-state index >= 15 is 0 Å². The summed E-state index contributed by atoms with van der Waals surface area (Å²) in [5, 5.41) is 1.13. The highest BCUT2D eigenvalue weighted by molar-refractivity contribution is 7.56. The van der Waals surface area contributed by atoms with Crippen LogP contribution in [0.25, 0.3) is 0 Å². The van der Waals surface area contributed by atoms with Gasteiger partial charge in [-0.3, -0.25) is 0 Å². The van der Waals surface area contributed by atoms with Gasteiger partial charge in [0.25, 0.3) is 0 Å². The summed E-state index contributed by atoms with van der Waals surface area (Å²) in [6, 6.07) is 10.1. The molecule has 1 aromatic carbocycles. The van der Waals surface area contributed by atoms with E-state index < -0.39 is 8.38 Å². The van der Waals surface area contributed by atoms with Crippen molar-refractivity contribution in [2.24, 2.45) is 0 Å². The van der Waals surface area contributed by atoms with Gasteiger partial charge in [0.05, 0.1) is 13.2 Å². The van der Waals surface area contributed by atoms with E-state index in [2.05, 4.69) is 0 Å². The molecule has 1 fully saturated rings. The minimum absolute atomic E-state index is 0.0949. The second-order valence-corrected chi connectivity index (χ2v) is 4.81. The van der Waals surface area contributed by atoms with Crippen LogP contribution < -0.4 is 5.30 Å². The van der Waals surface area contributed by atoms with Gasteiger partial charge in [0, 0.05) is 11.9 Å². The van der Waals surface area contributed by atoms with Crippen molar-refractivity contribution in [1.29, 1.82) is 0 Å². The number of ether oxygens (including phenoxy) is 1. The van der Waals surface area contributed by atoms with Crippen molar-refractivity contribution >= 4 is 13.7 Å². The zero-order valence-corrected chi connectivity index (χ0v) is 9.65. The van der Waals surface area contributed by atoms with E-state index in [9.17, 15) is 0 Å². The standard InChI is InChI=1S/C11H15O3P/c1-2-12-10-8-13-15(14-9-10)11-6-4-3-5-7-11/h3-7,10H,2,8-9H2,1H3. The molecule has 0 saturated carbocycles. The van der Waals surface area contributed by atoms with Gasteiger partial charge in [0.1, 0.15) is 6.10 Å². The maximum absolute atomic E-state index is 5.65. The smallest absolute Gasteiger partial charge is 0.205 e. The van der Waals surface area contributed by atoms with E-state index in [1.54, 1.807) is 0 Å². The summed E-state index contributed by atoms with van der Waals surface area (Å²) in [6.45, 7) is 3.96.